The zero-order valence-corrected chi connectivity index (χ0v) is 10.6. The van der Waals surface area contributed by atoms with Gasteiger partial charge in [-0.25, -0.2) is 4.39 Å². The molecule has 2 nitrogen and oxygen atoms in total. The van der Waals surface area contributed by atoms with E-state index in [9.17, 15) is 4.39 Å². The molecule has 1 aromatic rings. The molecule has 0 amide bonds. The molecule has 0 saturated carbocycles. The summed E-state index contributed by atoms with van der Waals surface area (Å²) in [5.74, 6) is 0.0686. The minimum atomic E-state index is -0.464. The van der Waals surface area contributed by atoms with Crippen molar-refractivity contribution in [1.82, 2.24) is 0 Å². The molecule has 0 aliphatic rings. The smallest absolute Gasteiger partial charge is 0.143 e. The van der Waals surface area contributed by atoms with E-state index in [-0.39, 0.29) is 11.6 Å². The summed E-state index contributed by atoms with van der Waals surface area (Å²) in [4.78, 5) is 0. The molecule has 0 aliphatic carbocycles. The van der Waals surface area contributed by atoms with Crippen LogP contribution in [0.4, 0.5) is 10.1 Å². The van der Waals surface area contributed by atoms with Crippen molar-refractivity contribution in [3.05, 3.63) is 29.6 Å². The van der Waals surface area contributed by atoms with Gasteiger partial charge in [0.1, 0.15) is 17.4 Å². The van der Waals surface area contributed by atoms with Crippen molar-refractivity contribution in [2.45, 2.75) is 39.7 Å². The summed E-state index contributed by atoms with van der Waals surface area (Å²) >= 11 is 0. The minimum absolute atomic E-state index is 0.102. The molecular formula is C14H19FN2. The molecule has 3 heteroatoms. The van der Waals surface area contributed by atoms with Crippen molar-refractivity contribution < 1.29 is 4.39 Å². The fourth-order valence-electron chi connectivity index (χ4n) is 2.12. The summed E-state index contributed by atoms with van der Waals surface area (Å²) in [5.41, 5.74) is 0.692. The summed E-state index contributed by atoms with van der Waals surface area (Å²) < 4.78 is 13.4. The van der Waals surface area contributed by atoms with Crippen LogP contribution in [0.5, 0.6) is 0 Å². The zero-order chi connectivity index (χ0) is 12.8. The van der Waals surface area contributed by atoms with Gasteiger partial charge in [-0.1, -0.05) is 32.8 Å². The fraction of sp³-hybridized carbons (Fsp3) is 0.500. The molecule has 1 aromatic carbocycles. The number of rotatable bonds is 5. The Hall–Kier alpha value is -1.56. The van der Waals surface area contributed by atoms with Gasteiger partial charge >= 0.3 is 0 Å². The van der Waals surface area contributed by atoms with Crippen LogP contribution in [-0.4, -0.2) is 6.04 Å². The number of anilines is 1. The normalized spacial score (nSPS) is 12.2. The molecule has 0 aromatic heterocycles. The summed E-state index contributed by atoms with van der Waals surface area (Å²) in [6, 6.07) is 6.83. The van der Waals surface area contributed by atoms with Gasteiger partial charge in [0.25, 0.3) is 0 Å². The Morgan fingerprint density at radius 2 is 2.00 bits per heavy atom. The number of hydrogen-bond acceptors (Lipinski definition) is 2. The second-order valence-electron chi connectivity index (χ2n) is 4.28. The quantitative estimate of drug-likeness (QED) is 0.837. The lowest BCUT2D eigenvalue weighted by Crippen LogP contribution is -2.25. The van der Waals surface area contributed by atoms with E-state index in [0.717, 1.165) is 12.8 Å². The van der Waals surface area contributed by atoms with Crippen LogP contribution in [0.2, 0.25) is 0 Å². The molecule has 0 bridgehead atoms. The maximum absolute atomic E-state index is 13.4. The van der Waals surface area contributed by atoms with E-state index in [0.29, 0.717) is 11.6 Å². The summed E-state index contributed by atoms with van der Waals surface area (Å²) in [7, 11) is 0. The molecule has 0 aliphatic heterocycles. The monoisotopic (exact) mass is 234 g/mol. The molecule has 0 heterocycles. The van der Waals surface area contributed by atoms with Gasteiger partial charge in [0.2, 0.25) is 0 Å². The van der Waals surface area contributed by atoms with E-state index in [2.05, 4.69) is 26.1 Å². The van der Waals surface area contributed by atoms with Crippen molar-refractivity contribution in [2.24, 2.45) is 5.92 Å². The topological polar surface area (TPSA) is 35.8 Å². The van der Waals surface area contributed by atoms with Gasteiger partial charge in [-0.15, -0.1) is 0 Å². The highest BCUT2D eigenvalue weighted by Crippen LogP contribution is 2.22. The second-order valence-corrected chi connectivity index (χ2v) is 4.28. The predicted octanol–water partition coefficient (Wildman–Crippen LogP) is 3.93. The average molecular weight is 234 g/mol. The van der Waals surface area contributed by atoms with Crippen molar-refractivity contribution in [2.75, 3.05) is 5.32 Å². The Morgan fingerprint density at radius 3 is 2.53 bits per heavy atom. The summed E-state index contributed by atoms with van der Waals surface area (Å²) in [6.07, 6.45) is 2.14. The molecule has 1 N–H and O–H groups in total. The highest BCUT2D eigenvalue weighted by molar-refractivity contribution is 5.58. The number of halogens is 1. The van der Waals surface area contributed by atoms with Crippen LogP contribution >= 0.6 is 0 Å². The SMILES string of the molecule is CCC(CC)C(C)Nc1cccc(F)c1C#N. The molecule has 1 rings (SSSR count). The minimum Gasteiger partial charge on any atom is -0.381 e. The molecule has 0 saturated heterocycles. The van der Waals surface area contributed by atoms with Gasteiger partial charge < -0.3 is 5.32 Å². The molecule has 0 radical (unpaired) electrons. The Labute approximate surface area is 102 Å². The molecular weight excluding hydrogens is 215 g/mol. The first-order valence-corrected chi connectivity index (χ1v) is 6.09. The fourth-order valence-corrected chi connectivity index (χ4v) is 2.12. The van der Waals surface area contributed by atoms with E-state index in [1.165, 1.54) is 6.07 Å². The number of benzene rings is 1. The highest BCUT2D eigenvalue weighted by atomic mass is 19.1. The number of hydrogen-bond donors (Lipinski definition) is 1. The Balaban J connectivity index is 2.89. The van der Waals surface area contributed by atoms with Gasteiger partial charge in [0, 0.05) is 6.04 Å². The van der Waals surface area contributed by atoms with E-state index >= 15 is 0 Å². The maximum atomic E-state index is 13.4. The number of nitriles is 1. The van der Waals surface area contributed by atoms with E-state index in [1.54, 1.807) is 12.1 Å². The predicted molar refractivity (Wildman–Crippen MR) is 68.3 cm³/mol. The first kappa shape index (κ1) is 13.5. The highest BCUT2D eigenvalue weighted by Gasteiger charge is 2.15. The summed E-state index contributed by atoms with van der Waals surface area (Å²) in [5, 5.41) is 12.2. The molecule has 0 fully saturated rings. The van der Waals surface area contributed by atoms with E-state index < -0.39 is 5.82 Å². The van der Waals surface area contributed by atoms with Crippen LogP contribution in [-0.2, 0) is 0 Å². The molecule has 1 unspecified atom stereocenters. The Morgan fingerprint density at radius 1 is 1.35 bits per heavy atom. The second kappa shape index (κ2) is 6.24. The average Bonchev–Trinajstić information content (AvgIpc) is 2.31. The summed E-state index contributed by atoms with van der Waals surface area (Å²) in [6.45, 7) is 6.36. The maximum Gasteiger partial charge on any atom is 0.143 e. The standard InChI is InChI=1S/C14H19FN2/c1-4-11(5-2)10(3)17-14-8-6-7-13(15)12(14)9-16/h6-8,10-11,17H,4-5H2,1-3H3. The van der Waals surface area contributed by atoms with Gasteiger partial charge in [0.15, 0.2) is 0 Å². The van der Waals surface area contributed by atoms with Gasteiger partial charge in [-0.2, -0.15) is 5.26 Å². The third-order valence-electron chi connectivity index (χ3n) is 3.26. The van der Waals surface area contributed by atoms with Crippen molar-refractivity contribution >= 4 is 5.69 Å². The van der Waals surface area contributed by atoms with Gasteiger partial charge in [0.05, 0.1) is 5.69 Å². The van der Waals surface area contributed by atoms with Crippen molar-refractivity contribution in [1.29, 1.82) is 5.26 Å². The van der Waals surface area contributed by atoms with Crippen LogP contribution in [0.1, 0.15) is 39.2 Å². The molecule has 0 spiro atoms. The van der Waals surface area contributed by atoms with Crippen LogP contribution in [0.15, 0.2) is 18.2 Å². The van der Waals surface area contributed by atoms with Crippen LogP contribution in [0, 0.1) is 23.1 Å². The van der Waals surface area contributed by atoms with Crippen LogP contribution < -0.4 is 5.32 Å². The lowest BCUT2D eigenvalue weighted by Gasteiger charge is -2.24. The van der Waals surface area contributed by atoms with Crippen molar-refractivity contribution in [3.8, 4) is 6.07 Å². The van der Waals surface area contributed by atoms with Gasteiger partial charge in [-0.05, 0) is 25.0 Å². The third kappa shape index (κ3) is 3.20. The molecule has 92 valence electrons. The third-order valence-corrected chi connectivity index (χ3v) is 3.26. The van der Waals surface area contributed by atoms with Gasteiger partial charge in [-0.3, -0.25) is 0 Å². The number of nitrogens with zero attached hydrogens (tertiary/aromatic N) is 1. The number of nitrogens with one attached hydrogen (secondary N) is 1. The Kier molecular flexibility index (Phi) is 4.96. The van der Waals surface area contributed by atoms with Crippen LogP contribution in [0.25, 0.3) is 0 Å². The van der Waals surface area contributed by atoms with E-state index in [1.807, 2.05) is 6.07 Å². The lowest BCUT2D eigenvalue weighted by atomic mass is 9.95. The first-order valence-electron chi connectivity index (χ1n) is 6.09. The van der Waals surface area contributed by atoms with E-state index in [4.69, 9.17) is 5.26 Å². The zero-order valence-electron chi connectivity index (χ0n) is 10.6. The molecule has 17 heavy (non-hydrogen) atoms. The van der Waals surface area contributed by atoms with Crippen LogP contribution in [0.3, 0.4) is 0 Å². The molecule has 1 atom stereocenters. The van der Waals surface area contributed by atoms with Crippen molar-refractivity contribution in [3.63, 3.8) is 0 Å². The Bertz CT molecular complexity index is 405. The first-order chi connectivity index (χ1) is 8.13. The largest absolute Gasteiger partial charge is 0.381 e. The lowest BCUT2D eigenvalue weighted by molar-refractivity contribution is 0.437.